The lowest BCUT2D eigenvalue weighted by molar-refractivity contribution is 0.487. The molecule has 0 radical (unpaired) electrons. The molecule has 20 heavy (non-hydrogen) atoms. The van der Waals surface area contributed by atoms with Crippen LogP contribution < -0.4 is 5.32 Å². The summed E-state index contributed by atoms with van der Waals surface area (Å²) in [7, 11) is 1.96. The van der Waals surface area contributed by atoms with E-state index in [2.05, 4.69) is 35.3 Å². The van der Waals surface area contributed by atoms with E-state index in [0.717, 1.165) is 23.8 Å². The van der Waals surface area contributed by atoms with E-state index in [-0.39, 0.29) is 0 Å². The summed E-state index contributed by atoms with van der Waals surface area (Å²) in [4.78, 5) is 4.40. The molecular weight excluding hydrogens is 272 g/mol. The molecule has 0 saturated carbocycles. The Balaban J connectivity index is 2.23. The van der Waals surface area contributed by atoms with Crippen LogP contribution in [0.3, 0.4) is 0 Å². The third kappa shape index (κ3) is 3.58. The van der Waals surface area contributed by atoms with Crippen molar-refractivity contribution in [1.82, 2.24) is 20.1 Å². The normalized spacial score (nSPS) is 12.8. The van der Waals surface area contributed by atoms with Crippen LogP contribution in [-0.4, -0.2) is 28.4 Å². The Hall–Kier alpha value is -1.39. The molecule has 1 heterocycles. The van der Waals surface area contributed by atoms with E-state index in [4.69, 9.17) is 11.6 Å². The number of likely N-dealkylation sites (N-methyl/N-ethyl adjacent to an activating group) is 1. The number of halogens is 1. The number of hydrogen-bond donors (Lipinski definition) is 1. The first kappa shape index (κ1) is 15.0. The fourth-order valence-electron chi connectivity index (χ4n) is 2.39. The van der Waals surface area contributed by atoms with Gasteiger partial charge in [0, 0.05) is 29.9 Å². The van der Waals surface area contributed by atoms with E-state index in [1.807, 2.05) is 29.9 Å². The van der Waals surface area contributed by atoms with Crippen LogP contribution in [-0.2, 0) is 6.42 Å². The molecule has 0 saturated heterocycles. The van der Waals surface area contributed by atoms with Gasteiger partial charge in [-0.15, -0.1) is 0 Å². The van der Waals surface area contributed by atoms with Gasteiger partial charge in [0.05, 0.1) is 0 Å². The summed E-state index contributed by atoms with van der Waals surface area (Å²) in [6.07, 6.45) is 2.48. The van der Waals surface area contributed by atoms with E-state index >= 15 is 0 Å². The Kier molecular flexibility index (Phi) is 5.15. The number of hydrogen-bond acceptors (Lipinski definition) is 3. The fraction of sp³-hybridized carbons (Fsp3) is 0.467. The molecule has 2 rings (SSSR count). The SMILES string of the molecule is CNCC(Cc1ncnn1C(C)C)c1cccc(Cl)c1. The van der Waals surface area contributed by atoms with Gasteiger partial charge in [-0.1, -0.05) is 23.7 Å². The predicted octanol–water partition coefficient (Wildman–Crippen LogP) is 3.06. The molecule has 1 N–H and O–H groups in total. The third-order valence-corrected chi connectivity index (χ3v) is 3.57. The molecule has 1 aromatic carbocycles. The number of benzene rings is 1. The number of rotatable bonds is 6. The highest BCUT2D eigenvalue weighted by molar-refractivity contribution is 6.30. The lowest BCUT2D eigenvalue weighted by Gasteiger charge is -2.18. The fourth-order valence-corrected chi connectivity index (χ4v) is 2.59. The Morgan fingerprint density at radius 2 is 2.15 bits per heavy atom. The van der Waals surface area contributed by atoms with Gasteiger partial charge in [-0.3, -0.25) is 0 Å². The first-order valence-electron chi connectivity index (χ1n) is 6.90. The minimum absolute atomic E-state index is 0.321. The average Bonchev–Trinajstić information content (AvgIpc) is 2.86. The highest BCUT2D eigenvalue weighted by Gasteiger charge is 2.16. The summed E-state index contributed by atoms with van der Waals surface area (Å²) < 4.78 is 1.98. The standard InChI is InChI=1S/C15H21ClN4/c1-11(2)20-15(18-10-19-20)8-13(9-17-3)12-5-4-6-14(16)7-12/h4-7,10-11,13,17H,8-9H2,1-3H3. The molecule has 0 aliphatic heterocycles. The summed E-state index contributed by atoms with van der Waals surface area (Å²) in [5.74, 6) is 1.35. The van der Waals surface area contributed by atoms with Crippen LogP contribution >= 0.6 is 11.6 Å². The van der Waals surface area contributed by atoms with E-state index in [1.54, 1.807) is 6.33 Å². The Morgan fingerprint density at radius 1 is 1.35 bits per heavy atom. The van der Waals surface area contributed by atoms with Crippen molar-refractivity contribution < 1.29 is 0 Å². The maximum Gasteiger partial charge on any atom is 0.138 e. The van der Waals surface area contributed by atoms with Crippen molar-refractivity contribution in [1.29, 1.82) is 0 Å². The number of aromatic nitrogens is 3. The first-order chi connectivity index (χ1) is 9.61. The molecule has 0 bridgehead atoms. The van der Waals surface area contributed by atoms with Crippen LogP contribution in [0.5, 0.6) is 0 Å². The molecule has 0 fully saturated rings. The highest BCUT2D eigenvalue weighted by Crippen LogP contribution is 2.23. The van der Waals surface area contributed by atoms with Crippen molar-refractivity contribution in [2.24, 2.45) is 0 Å². The Bertz CT molecular complexity index is 550. The van der Waals surface area contributed by atoms with Crippen molar-refractivity contribution >= 4 is 11.6 Å². The van der Waals surface area contributed by atoms with Gasteiger partial charge in [0.15, 0.2) is 0 Å². The van der Waals surface area contributed by atoms with Crippen LogP contribution in [0.1, 0.15) is 37.2 Å². The third-order valence-electron chi connectivity index (χ3n) is 3.34. The largest absolute Gasteiger partial charge is 0.319 e. The molecule has 0 amide bonds. The van der Waals surface area contributed by atoms with Crippen LogP contribution in [0.25, 0.3) is 0 Å². The van der Waals surface area contributed by atoms with Gasteiger partial charge in [-0.05, 0) is 38.6 Å². The van der Waals surface area contributed by atoms with Crippen molar-refractivity contribution in [2.45, 2.75) is 32.2 Å². The Morgan fingerprint density at radius 3 is 2.80 bits per heavy atom. The van der Waals surface area contributed by atoms with Gasteiger partial charge in [0.2, 0.25) is 0 Å². The van der Waals surface area contributed by atoms with Crippen molar-refractivity contribution in [3.05, 3.63) is 47.0 Å². The summed E-state index contributed by atoms with van der Waals surface area (Å²) in [5.41, 5.74) is 1.23. The van der Waals surface area contributed by atoms with Crippen LogP contribution in [0, 0.1) is 0 Å². The van der Waals surface area contributed by atoms with E-state index in [9.17, 15) is 0 Å². The van der Waals surface area contributed by atoms with E-state index in [1.165, 1.54) is 5.56 Å². The van der Waals surface area contributed by atoms with Crippen molar-refractivity contribution in [2.75, 3.05) is 13.6 Å². The lowest BCUT2D eigenvalue weighted by Crippen LogP contribution is -2.21. The maximum atomic E-state index is 6.10. The number of nitrogens with zero attached hydrogens (tertiary/aromatic N) is 3. The summed E-state index contributed by atoms with van der Waals surface area (Å²) in [5, 5.41) is 8.32. The molecule has 1 atom stereocenters. The minimum atomic E-state index is 0.321. The zero-order chi connectivity index (χ0) is 14.5. The molecular formula is C15H21ClN4. The molecule has 108 valence electrons. The predicted molar refractivity (Wildman–Crippen MR) is 82.2 cm³/mol. The van der Waals surface area contributed by atoms with Gasteiger partial charge in [0.25, 0.3) is 0 Å². The van der Waals surface area contributed by atoms with E-state index < -0.39 is 0 Å². The topological polar surface area (TPSA) is 42.7 Å². The van der Waals surface area contributed by atoms with Crippen LogP contribution in [0.15, 0.2) is 30.6 Å². The van der Waals surface area contributed by atoms with Gasteiger partial charge in [0.1, 0.15) is 12.2 Å². The second-order valence-electron chi connectivity index (χ2n) is 5.23. The molecule has 5 heteroatoms. The minimum Gasteiger partial charge on any atom is -0.319 e. The van der Waals surface area contributed by atoms with Crippen LogP contribution in [0.4, 0.5) is 0 Å². The second-order valence-corrected chi connectivity index (χ2v) is 5.66. The molecule has 1 aromatic heterocycles. The highest BCUT2D eigenvalue weighted by atomic mass is 35.5. The quantitative estimate of drug-likeness (QED) is 0.890. The summed E-state index contributed by atoms with van der Waals surface area (Å²) in [6.45, 7) is 5.11. The van der Waals surface area contributed by atoms with Crippen molar-refractivity contribution in [3.63, 3.8) is 0 Å². The monoisotopic (exact) mass is 292 g/mol. The summed E-state index contributed by atoms with van der Waals surface area (Å²) in [6, 6.07) is 8.36. The molecule has 1 unspecified atom stereocenters. The first-order valence-corrected chi connectivity index (χ1v) is 7.28. The van der Waals surface area contributed by atoms with Gasteiger partial charge < -0.3 is 5.32 Å². The van der Waals surface area contributed by atoms with Crippen molar-refractivity contribution in [3.8, 4) is 0 Å². The average molecular weight is 293 g/mol. The van der Waals surface area contributed by atoms with Crippen LogP contribution in [0.2, 0.25) is 5.02 Å². The number of nitrogens with one attached hydrogen (secondary N) is 1. The molecule has 0 spiro atoms. The van der Waals surface area contributed by atoms with Gasteiger partial charge >= 0.3 is 0 Å². The van der Waals surface area contributed by atoms with Gasteiger partial charge in [-0.25, -0.2) is 9.67 Å². The van der Waals surface area contributed by atoms with E-state index in [0.29, 0.717) is 12.0 Å². The summed E-state index contributed by atoms with van der Waals surface area (Å²) >= 11 is 6.10. The van der Waals surface area contributed by atoms with Gasteiger partial charge in [-0.2, -0.15) is 5.10 Å². The molecule has 0 aliphatic rings. The molecule has 4 nitrogen and oxygen atoms in total. The second kappa shape index (κ2) is 6.86. The zero-order valence-corrected chi connectivity index (χ0v) is 12.9. The molecule has 2 aromatic rings. The molecule has 0 aliphatic carbocycles. The smallest absolute Gasteiger partial charge is 0.138 e. The lowest BCUT2D eigenvalue weighted by atomic mass is 9.95. The zero-order valence-electron chi connectivity index (χ0n) is 12.2. The maximum absolute atomic E-state index is 6.10. The Labute approximate surface area is 125 Å².